The zero-order valence-corrected chi connectivity index (χ0v) is 17.7. The van der Waals surface area contributed by atoms with Gasteiger partial charge < -0.3 is 10.1 Å². The van der Waals surface area contributed by atoms with E-state index in [4.69, 9.17) is 10.8 Å². The number of anilines is 1. The van der Waals surface area contributed by atoms with Gasteiger partial charge in [0, 0.05) is 42.3 Å². The van der Waals surface area contributed by atoms with Gasteiger partial charge >= 0.3 is 0 Å². The molecule has 0 fully saturated rings. The topological polar surface area (TPSA) is 136 Å². The molecule has 10 nitrogen and oxygen atoms in total. The number of fused-ring (bicyclic) bond motifs is 2. The molecular weight excluding hydrogens is 428 g/mol. The van der Waals surface area contributed by atoms with Crippen LogP contribution in [-0.2, 0) is 6.42 Å². The Morgan fingerprint density at radius 1 is 0.971 bits per heavy atom. The van der Waals surface area contributed by atoms with Crippen molar-refractivity contribution in [3.8, 4) is 28.7 Å². The minimum absolute atomic E-state index is 0.230. The summed E-state index contributed by atoms with van der Waals surface area (Å²) in [6, 6.07) is 15.1. The summed E-state index contributed by atoms with van der Waals surface area (Å²) in [6.45, 7) is 0. The quantitative estimate of drug-likeness (QED) is 0.438. The standard InChI is InChI=1S/C24H16N10/c25-13-15-3-1-4-16(11-15)20-21(18-6-7-27-14-29-18)34-24(22(26)31-20)30-19(32-34)12-17-5-2-9-33-10-8-28-23(17)33/h1-11,14H,12H2,(H2,26,31). The van der Waals surface area contributed by atoms with E-state index in [0.717, 1.165) is 16.8 Å². The summed E-state index contributed by atoms with van der Waals surface area (Å²) >= 11 is 0. The minimum atomic E-state index is 0.230. The van der Waals surface area contributed by atoms with Crippen LogP contribution in [0.1, 0.15) is 17.0 Å². The van der Waals surface area contributed by atoms with Crippen molar-refractivity contribution in [2.75, 3.05) is 5.73 Å². The molecule has 0 aliphatic heterocycles. The number of imidazole rings is 1. The molecule has 2 N–H and O–H groups in total. The molecule has 0 aliphatic carbocycles. The number of nitrogen functional groups attached to an aromatic ring is 1. The molecule has 34 heavy (non-hydrogen) atoms. The molecule has 0 saturated carbocycles. The Morgan fingerprint density at radius 3 is 2.76 bits per heavy atom. The lowest BCUT2D eigenvalue weighted by Gasteiger charge is -2.11. The Kier molecular flexibility index (Phi) is 4.45. The number of rotatable bonds is 4. The van der Waals surface area contributed by atoms with Crippen molar-refractivity contribution >= 4 is 17.1 Å². The highest BCUT2D eigenvalue weighted by atomic mass is 15.3. The van der Waals surface area contributed by atoms with Crippen molar-refractivity contribution < 1.29 is 0 Å². The molecule has 162 valence electrons. The first-order valence-electron chi connectivity index (χ1n) is 10.4. The van der Waals surface area contributed by atoms with Gasteiger partial charge in [-0.3, -0.25) is 0 Å². The number of nitrogens with two attached hydrogens (primary N) is 1. The van der Waals surface area contributed by atoms with Gasteiger partial charge in [-0.1, -0.05) is 18.2 Å². The van der Waals surface area contributed by atoms with Crippen LogP contribution in [0.15, 0.2) is 73.6 Å². The lowest BCUT2D eigenvalue weighted by molar-refractivity contribution is 0.896. The third-order valence-electron chi connectivity index (χ3n) is 5.49. The third kappa shape index (κ3) is 3.20. The first kappa shape index (κ1) is 19.5. The minimum Gasteiger partial charge on any atom is -0.381 e. The van der Waals surface area contributed by atoms with Crippen LogP contribution in [0, 0.1) is 11.3 Å². The lowest BCUT2D eigenvalue weighted by atomic mass is 10.0. The smallest absolute Gasteiger partial charge is 0.198 e. The summed E-state index contributed by atoms with van der Waals surface area (Å²) in [4.78, 5) is 22.2. The molecule has 0 unspecified atom stereocenters. The maximum absolute atomic E-state index is 9.37. The number of hydrogen-bond donors (Lipinski definition) is 1. The fourth-order valence-corrected chi connectivity index (χ4v) is 3.99. The van der Waals surface area contributed by atoms with Crippen molar-refractivity contribution in [1.82, 2.24) is 38.9 Å². The molecule has 0 bridgehead atoms. The third-order valence-corrected chi connectivity index (χ3v) is 5.49. The molecule has 0 radical (unpaired) electrons. The van der Waals surface area contributed by atoms with Gasteiger partial charge in [0.25, 0.3) is 0 Å². The van der Waals surface area contributed by atoms with Gasteiger partial charge in [-0.25, -0.2) is 29.4 Å². The van der Waals surface area contributed by atoms with E-state index in [1.807, 2.05) is 35.0 Å². The summed E-state index contributed by atoms with van der Waals surface area (Å²) in [6.07, 6.45) is 9.17. The van der Waals surface area contributed by atoms with E-state index in [1.54, 1.807) is 41.2 Å². The second-order valence-electron chi connectivity index (χ2n) is 7.61. The van der Waals surface area contributed by atoms with E-state index in [-0.39, 0.29) is 5.82 Å². The summed E-state index contributed by atoms with van der Waals surface area (Å²) in [5.41, 5.74) is 11.6. The highest BCUT2D eigenvalue weighted by Crippen LogP contribution is 2.32. The van der Waals surface area contributed by atoms with Crippen LogP contribution in [0.5, 0.6) is 0 Å². The fraction of sp³-hybridized carbons (Fsp3) is 0.0417. The predicted molar refractivity (Wildman–Crippen MR) is 124 cm³/mol. The molecule has 10 heteroatoms. The van der Waals surface area contributed by atoms with E-state index >= 15 is 0 Å². The van der Waals surface area contributed by atoms with Gasteiger partial charge in [-0.15, -0.1) is 0 Å². The largest absolute Gasteiger partial charge is 0.381 e. The van der Waals surface area contributed by atoms with Crippen molar-refractivity contribution in [3.05, 3.63) is 90.5 Å². The summed E-state index contributed by atoms with van der Waals surface area (Å²) in [5.74, 6) is 0.802. The fourth-order valence-electron chi connectivity index (χ4n) is 3.99. The van der Waals surface area contributed by atoms with Crippen LogP contribution in [0.4, 0.5) is 5.82 Å². The van der Waals surface area contributed by atoms with Gasteiger partial charge in [0.2, 0.25) is 0 Å². The van der Waals surface area contributed by atoms with Crippen molar-refractivity contribution in [3.63, 3.8) is 0 Å². The second kappa shape index (κ2) is 7.75. The first-order chi connectivity index (χ1) is 16.7. The number of pyridine rings is 1. The second-order valence-corrected chi connectivity index (χ2v) is 7.61. The molecule has 5 aromatic heterocycles. The van der Waals surface area contributed by atoms with Crippen LogP contribution >= 0.6 is 0 Å². The number of aromatic nitrogens is 8. The van der Waals surface area contributed by atoms with Gasteiger partial charge in [-0.05, 0) is 24.3 Å². The Bertz CT molecular complexity index is 1710. The van der Waals surface area contributed by atoms with Crippen LogP contribution < -0.4 is 5.73 Å². The van der Waals surface area contributed by atoms with Crippen molar-refractivity contribution in [1.29, 1.82) is 5.26 Å². The van der Waals surface area contributed by atoms with Crippen LogP contribution in [0.2, 0.25) is 0 Å². The van der Waals surface area contributed by atoms with Crippen LogP contribution in [0.25, 0.3) is 33.9 Å². The average Bonchev–Trinajstić information content (AvgIpc) is 3.53. The zero-order chi connectivity index (χ0) is 23.1. The van der Waals surface area contributed by atoms with Gasteiger partial charge in [0.05, 0.1) is 17.3 Å². The van der Waals surface area contributed by atoms with E-state index in [9.17, 15) is 5.26 Å². The monoisotopic (exact) mass is 444 g/mol. The molecule has 1 aromatic carbocycles. The average molecular weight is 444 g/mol. The summed E-state index contributed by atoms with van der Waals surface area (Å²) in [7, 11) is 0. The zero-order valence-electron chi connectivity index (χ0n) is 17.7. The van der Waals surface area contributed by atoms with Crippen LogP contribution in [0.3, 0.4) is 0 Å². The molecule has 6 rings (SSSR count). The molecule has 5 heterocycles. The van der Waals surface area contributed by atoms with Gasteiger partial charge in [0.1, 0.15) is 23.4 Å². The molecule has 0 amide bonds. The highest BCUT2D eigenvalue weighted by molar-refractivity contribution is 5.81. The predicted octanol–water partition coefficient (Wildman–Crippen LogP) is 2.94. The van der Waals surface area contributed by atoms with E-state index in [1.165, 1.54) is 6.33 Å². The normalized spacial score (nSPS) is 11.1. The van der Waals surface area contributed by atoms with E-state index < -0.39 is 0 Å². The number of nitriles is 1. The maximum Gasteiger partial charge on any atom is 0.198 e. The SMILES string of the molecule is N#Cc1cccc(-c2nc(N)c3nc(Cc4cccn5ccnc45)nn3c2-c2ccncn2)c1. The van der Waals surface area contributed by atoms with Crippen LogP contribution in [-0.4, -0.2) is 38.9 Å². The molecule has 0 atom stereocenters. The number of hydrogen-bond acceptors (Lipinski definition) is 8. The Hall–Kier alpha value is -5.17. The lowest BCUT2D eigenvalue weighted by Crippen LogP contribution is -2.06. The van der Waals surface area contributed by atoms with Crippen molar-refractivity contribution in [2.45, 2.75) is 6.42 Å². The summed E-state index contributed by atoms with van der Waals surface area (Å²) < 4.78 is 3.62. The maximum atomic E-state index is 9.37. The summed E-state index contributed by atoms with van der Waals surface area (Å²) in [5, 5.41) is 14.2. The van der Waals surface area contributed by atoms with Gasteiger partial charge in [-0.2, -0.15) is 10.4 Å². The Labute approximate surface area is 193 Å². The number of benzene rings is 1. The number of nitrogens with zero attached hydrogens (tertiary/aromatic N) is 9. The highest BCUT2D eigenvalue weighted by Gasteiger charge is 2.21. The Balaban J connectivity index is 1.58. The molecule has 0 saturated heterocycles. The Morgan fingerprint density at radius 2 is 1.91 bits per heavy atom. The van der Waals surface area contributed by atoms with E-state index in [0.29, 0.717) is 40.5 Å². The molecule has 0 aliphatic rings. The molecular formula is C24H16N10. The first-order valence-corrected chi connectivity index (χ1v) is 10.4. The van der Waals surface area contributed by atoms with Gasteiger partial charge in [0.15, 0.2) is 17.3 Å². The molecule has 0 spiro atoms. The molecule has 6 aromatic rings. The van der Waals surface area contributed by atoms with E-state index in [2.05, 4.69) is 31.0 Å². The van der Waals surface area contributed by atoms with Crippen molar-refractivity contribution in [2.24, 2.45) is 0 Å².